The molecule has 106 valence electrons. The van der Waals surface area contributed by atoms with Crippen LogP contribution in [0.3, 0.4) is 0 Å². The Labute approximate surface area is 127 Å². The van der Waals surface area contributed by atoms with E-state index in [9.17, 15) is 0 Å². The lowest BCUT2D eigenvalue weighted by molar-refractivity contribution is 0.588. The average Bonchev–Trinajstić information content (AvgIpc) is 3.03. The summed E-state index contributed by atoms with van der Waals surface area (Å²) in [6, 6.07) is 11.3. The molecule has 0 N–H and O–H groups in total. The Morgan fingerprint density at radius 2 is 2.10 bits per heavy atom. The van der Waals surface area contributed by atoms with E-state index >= 15 is 0 Å². The summed E-state index contributed by atoms with van der Waals surface area (Å²) >= 11 is 3.36. The van der Waals surface area contributed by atoms with E-state index in [0.29, 0.717) is 10.8 Å². The standard InChI is InChI=1S/C15H19BrN4/c1-19-15(17-14(16)18-19)20-11-5-8-13(20)10-9-12-6-3-2-4-7-12/h2-4,6-7,13H,5,8-11H2,1H3. The molecule has 1 unspecified atom stereocenters. The molecule has 0 spiro atoms. The van der Waals surface area contributed by atoms with E-state index in [-0.39, 0.29) is 0 Å². The second-order valence-corrected chi connectivity index (χ2v) is 6.03. The molecule has 1 aliphatic rings. The third kappa shape index (κ3) is 2.87. The van der Waals surface area contributed by atoms with Crippen molar-refractivity contribution in [2.45, 2.75) is 31.7 Å². The van der Waals surface area contributed by atoms with Crippen molar-refractivity contribution in [3.8, 4) is 0 Å². The summed E-state index contributed by atoms with van der Waals surface area (Å²) < 4.78 is 2.54. The number of benzene rings is 1. The van der Waals surface area contributed by atoms with E-state index in [1.165, 1.54) is 24.8 Å². The van der Waals surface area contributed by atoms with Crippen molar-refractivity contribution < 1.29 is 0 Å². The highest BCUT2D eigenvalue weighted by molar-refractivity contribution is 9.10. The molecule has 2 heterocycles. The van der Waals surface area contributed by atoms with Gasteiger partial charge >= 0.3 is 0 Å². The summed E-state index contributed by atoms with van der Waals surface area (Å²) in [4.78, 5) is 6.90. The van der Waals surface area contributed by atoms with Gasteiger partial charge in [-0.25, -0.2) is 4.68 Å². The largest absolute Gasteiger partial charge is 0.338 e. The number of hydrogen-bond donors (Lipinski definition) is 0. The minimum Gasteiger partial charge on any atom is -0.338 e. The molecular weight excluding hydrogens is 316 g/mol. The van der Waals surface area contributed by atoms with Gasteiger partial charge in [-0.05, 0) is 47.2 Å². The first-order valence-corrected chi connectivity index (χ1v) is 7.90. The van der Waals surface area contributed by atoms with Gasteiger partial charge < -0.3 is 4.90 Å². The predicted molar refractivity (Wildman–Crippen MR) is 83.8 cm³/mol. The normalized spacial score (nSPS) is 18.7. The van der Waals surface area contributed by atoms with Crippen molar-refractivity contribution in [2.75, 3.05) is 11.4 Å². The maximum absolute atomic E-state index is 4.49. The quantitative estimate of drug-likeness (QED) is 0.861. The highest BCUT2D eigenvalue weighted by atomic mass is 79.9. The van der Waals surface area contributed by atoms with Crippen LogP contribution in [0.4, 0.5) is 5.95 Å². The molecule has 1 fully saturated rings. The molecule has 0 aliphatic carbocycles. The molecule has 0 bridgehead atoms. The van der Waals surface area contributed by atoms with E-state index in [4.69, 9.17) is 0 Å². The van der Waals surface area contributed by atoms with Crippen LogP contribution in [-0.2, 0) is 13.5 Å². The molecule has 4 nitrogen and oxygen atoms in total. The van der Waals surface area contributed by atoms with Crippen LogP contribution in [0, 0.1) is 0 Å². The smallest absolute Gasteiger partial charge is 0.224 e. The van der Waals surface area contributed by atoms with Gasteiger partial charge in [0.1, 0.15) is 0 Å². The topological polar surface area (TPSA) is 34.0 Å². The lowest BCUT2D eigenvalue weighted by atomic mass is 10.0. The van der Waals surface area contributed by atoms with Crippen molar-refractivity contribution >= 4 is 21.9 Å². The molecule has 1 aromatic heterocycles. The minimum absolute atomic E-state index is 0.574. The van der Waals surface area contributed by atoms with Crippen LogP contribution in [0.25, 0.3) is 0 Å². The number of nitrogens with zero attached hydrogens (tertiary/aromatic N) is 4. The Hall–Kier alpha value is -1.36. The van der Waals surface area contributed by atoms with Crippen molar-refractivity contribution in [3.05, 3.63) is 40.6 Å². The van der Waals surface area contributed by atoms with Gasteiger partial charge in [0, 0.05) is 19.6 Å². The molecule has 5 heteroatoms. The Morgan fingerprint density at radius 1 is 1.30 bits per heavy atom. The lowest BCUT2D eigenvalue weighted by Gasteiger charge is -2.25. The highest BCUT2D eigenvalue weighted by Crippen LogP contribution is 2.27. The summed E-state index contributed by atoms with van der Waals surface area (Å²) in [6.07, 6.45) is 4.79. The fourth-order valence-corrected chi connectivity index (χ4v) is 3.37. The molecule has 0 radical (unpaired) electrons. The van der Waals surface area contributed by atoms with Crippen molar-refractivity contribution in [1.29, 1.82) is 0 Å². The summed E-state index contributed by atoms with van der Waals surface area (Å²) in [7, 11) is 1.96. The summed E-state index contributed by atoms with van der Waals surface area (Å²) in [5.41, 5.74) is 1.42. The maximum Gasteiger partial charge on any atom is 0.224 e. The Bertz CT molecular complexity index is 567. The van der Waals surface area contributed by atoms with E-state index in [1.54, 1.807) is 0 Å². The van der Waals surface area contributed by atoms with E-state index in [1.807, 2.05) is 11.7 Å². The Balaban J connectivity index is 1.68. The number of halogens is 1. The van der Waals surface area contributed by atoms with Gasteiger partial charge in [-0.3, -0.25) is 0 Å². The molecular formula is C15H19BrN4. The van der Waals surface area contributed by atoms with Crippen LogP contribution in [0.2, 0.25) is 0 Å². The Kier molecular flexibility index (Phi) is 4.05. The fourth-order valence-electron chi connectivity index (χ4n) is 2.97. The molecule has 3 rings (SSSR count). The fraction of sp³-hybridized carbons (Fsp3) is 0.467. The van der Waals surface area contributed by atoms with E-state index < -0.39 is 0 Å². The lowest BCUT2D eigenvalue weighted by Crippen LogP contribution is -2.31. The van der Waals surface area contributed by atoms with E-state index in [0.717, 1.165) is 18.9 Å². The number of aryl methyl sites for hydroxylation is 2. The monoisotopic (exact) mass is 334 g/mol. The average molecular weight is 335 g/mol. The first-order valence-electron chi connectivity index (χ1n) is 7.11. The number of aromatic nitrogens is 3. The number of hydrogen-bond acceptors (Lipinski definition) is 3. The van der Waals surface area contributed by atoms with E-state index in [2.05, 4.69) is 61.2 Å². The Morgan fingerprint density at radius 3 is 2.80 bits per heavy atom. The van der Waals surface area contributed by atoms with Crippen LogP contribution in [0.15, 0.2) is 35.1 Å². The second-order valence-electron chi connectivity index (χ2n) is 5.32. The van der Waals surface area contributed by atoms with Gasteiger partial charge in [0.15, 0.2) is 0 Å². The summed E-state index contributed by atoms with van der Waals surface area (Å²) in [5.74, 6) is 0.979. The van der Waals surface area contributed by atoms with Gasteiger partial charge in [0.25, 0.3) is 0 Å². The van der Waals surface area contributed by atoms with Crippen molar-refractivity contribution in [1.82, 2.24) is 14.8 Å². The first-order chi connectivity index (χ1) is 9.74. The zero-order valence-corrected chi connectivity index (χ0v) is 13.3. The first kappa shape index (κ1) is 13.6. The zero-order valence-electron chi connectivity index (χ0n) is 11.7. The highest BCUT2D eigenvalue weighted by Gasteiger charge is 2.27. The third-order valence-electron chi connectivity index (χ3n) is 3.96. The zero-order chi connectivity index (χ0) is 13.9. The van der Waals surface area contributed by atoms with Crippen molar-refractivity contribution in [3.63, 3.8) is 0 Å². The molecule has 0 saturated carbocycles. The molecule has 1 saturated heterocycles. The van der Waals surface area contributed by atoms with Gasteiger partial charge in [-0.1, -0.05) is 30.3 Å². The number of anilines is 1. The predicted octanol–water partition coefficient (Wildman–Crippen LogP) is 3.18. The van der Waals surface area contributed by atoms with Gasteiger partial charge in [-0.15, -0.1) is 5.10 Å². The van der Waals surface area contributed by atoms with Crippen LogP contribution in [0.5, 0.6) is 0 Å². The van der Waals surface area contributed by atoms with Crippen molar-refractivity contribution in [2.24, 2.45) is 7.05 Å². The summed E-state index contributed by atoms with van der Waals surface area (Å²) in [6.45, 7) is 1.08. The van der Waals surface area contributed by atoms with Crippen LogP contribution in [0.1, 0.15) is 24.8 Å². The molecule has 1 aliphatic heterocycles. The molecule has 2 aromatic rings. The second kappa shape index (κ2) is 5.95. The molecule has 20 heavy (non-hydrogen) atoms. The SMILES string of the molecule is Cn1nc(Br)nc1N1CCCC1CCc1ccccc1. The number of rotatable bonds is 4. The van der Waals surface area contributed by atoms with Crippen LogP contribution < -0.4 is 4.90 Å². The maximum atomic E-state index is 4.49. The van der Waals surface area contributed by atoms with Gasteiger partial charge in [0.05, 0.1) is 0 Å². The molecule has 0 amide bonds. The molecule has 1 atom stereocenters. The van der Waals surface area contributed by atoms with Gasteiger partial charge in [-0.2, -0.15) is 4.98 Å². The van der Waals surface area contributed by atoms with Crippen LogP contribution in [-0.4, -0.2) is 27.4 Å². The van der Waals surface area contributed by atoms with Crippen LogP contribution >= 0.6 is 15.9 Å². The minimum atomic E-state index is 0.574. The summed E-state index contributed by atoms with van der Waals surface area (Å²) in [5, 5.41) is 4.29. The third-order valence-corrected chi connectivity index (χ3v) is 4.29. The van der Waals surface area contributed by atoms with Gasteiger partial charge in [0.2, 0.25) is 10.7 Å². The molecule has 1 aromatic carbocycles.